The molecule has 2 aliphatic rings. The monoisotopic (exact) mass is 664 g/mol. The molecule has 9 nitrogen and oxygen atoms in total. The van der Waals surface area contributed by atoms with Crippen LogP contribution in [0.4, 0.5) is 0 Å². The zero-order chi connectivity index (χ0) is 31.1. The number of benzene rings is 2. The molecule has 2 aliphatic heterocycles. The highest BCUT2D eigenvalue weighted by molar-refractivity contribution is 7.89. The Labute approximate surface area is 265 Å². The molecule has 0 spiro atoms. The molecule has 0 saturated carbocycles. The first-order chi connectivity index (χ1) is 20.3. The normalized spacial score (nSPS) is 20.2. The Morgan fingerprint density at radius 3 is 2.26 bits per heavy atom. The summed E-state index contributed by atoms with van der Waals surface area (Å²) in [6.07, 6.45) is 0.850. The van der Waals surface area contributed by atoms with Gasteiger partial charge in [0.15, 0.2) is 0 Å². The lowest BCUT2D eigenvalue weighted by Gasteiger charge is -2.50. The van der Waals surface area contributed by atoms with Gasteiger partial charge in [0.2, 0.25) is 21.8 Å². The minimum Gasteiger partial charge on any atom is -0.340 e. The minimum absolute atomic E-state index is 0.00304. The first-order valence-electron chi connectivity index (χ1n) is 14.2. The molecular weight excluding hydrogens is 631 g/mol. The van der Waals surface area contributed by atoms with Gasteiger partial charge in [-0.3, -0.25) is 14.4 Å². The van der Waals surface area contributed by atoms with Crippen LogP contribution >= 0.6 is 34.5 Å². The average Bonchev–Trinajstić information content (AvgIpc) is 3.39. The van der Waals surface area contributed by atoms with Gasteiger partial charge in [0.05, 0.1) is 9.90 Å². The number of carbonyl (C=O) groups is 3. The fraction of sp³-hybridized carbons (Fsp3) is 0.433. The van der Waals surface area contributed by atoms with Crippen molar-refractivity contribution in [2.45, 2.75) is 50.1 Å². The molecule has 2 fully saturated rings. The Balaban J connectivity index is 1.23. The maximum Gasteiger partial charge on any atom is 0.262 e. The molecule has 0 unspecified atom stereocenters. The van der Waals surface area contributed by atoms with E-state index in [2.05, 4.69) is 5.32 Å². The summed E-state index contributed by atoms with van der Waals surface area (Å²) in [6.45, 7) is 6.90. The van der Waals surface area contributed by atoms with Crippen LogP contribution in [0.25, 0.3) is 10.1 Å². The molecule has 3 amide bonds. The van der Waals surface area contributed by atoms with Crippen molar-refractivity contribution in [2.24, 2.45) is 5.92 Å². The summed E-state index contributed by atoms with van der Waals surface area (Å²) in [7, 11) is -4.04. The number of nitrogens with zero attached hydrogens (tertiary/aromatic N) is 3. The Bertz CT molecular complexity index is 1640. The largest absolute Gasteiger partial charge is 0.340 e. The maximum absolute atomic E-state index is 13.7. The summed E-state index contributed by atoms with van der Waals surface area (Å²) >= 11 is 13.5. The lowest BCUT2D eigenvalue weighted by Crippen LogP contribution is -2.69. The van der Waals surface area contributed by atoms with Crippen molar-refractivity contribution in [3.8, 4) is 0 Å². The van der Waals surface area contributed by atoms with Crippen LogP contribution in [0.2, 0.25) is 10.0 Å². The predicted octanol–water partition coefficient (Wildman–Crippen LogP) is 4.88. The molecule has 0 bridgehead atoms. The van der Waals surface area contributed by atoms with E-state index in [1.165, 1.54) is 33.8 Å². The van der Waals surface area contributed by atoms with Crippen molar-refractivity contribution in [3.05, 3.63) is 63.5 Å². The number of thiophene rings is 1. The predicted molar refractivity (Wildman–Crippen MR) is 169 cm³/mol. The Morgan fingerprint density at radius 2 is 1.65 bits per heavy atom. The number of hydrogen-bond acceptors (Lipinski definition) is 6. The van der Waals surface area contributed by atoms with Crippen LogP contribution < -0.4 is 5.32 Å². The Hall–Kier alpha value is -2.70. The van der Waals surface area contributed by atoms with Gasteiger partial charge in [-0.15, -0.1) is 11.3 Å². The molecule has 2 atom stereocenters. The zero-order valence-electron chi connectivity index (χ0n) is 24.2. The fourth-order valence-electron chi connectivity index (χ4n) is 5.65. The summed E-state index contributed by atoms with van der Waals surface area (Å²) < 4.78 is 29.1. The van der Waals surface area contributed by atoms with Gasteiger partial charge in [-0.2, -0.15) is 4.31 Å². The summed E-state index contributed by atoms with van der Waals surface area (Å²) in [5, 5.41) is 4.24. The molecule has 0 aliphatic carbocycles. The van der Waals surface area contributed by atoms with Crippen molar-refractivity contribution in [2.75, 3.05) is 32.7 Å². The van der Waals surface area contributed by atoms with Crippen LogP contribution in [-0.2, 0) is 19.6 Å². The highest BCUT2D eigenvalue weighted by Crippen LogP contribution is 2.40. The maximum atomic E-state index is 13.7. The molecule has 2 aromatic carbocycles. The van der Waals surface area contributed by atoms with Crippen LogP contribution in [0.3, 0.4) is 0 Å². The molecule has 0 radical (unpaired) electrons. The van der Waals surface area contributed by atoms with Gasteiger partial charge < -0.3 is 15.1 Å². The van der Waals surface area contributed by atoms with Crippen molar-refractivity contribution >= 4 is 72.4 Å². The Morgan fingerprint density at radius 1 is 0.977 bits per heavy atom. The first-order valence-corrected chi connectivity index (χ1v) is 17.2. The lowest BCUT2D eigenvalue weighted by molar-refractivity contribution is -0.150. The van der Waals surface area contributed by atoms with Gasteiger partial charge in [-0.25, -0.2) is 8.42 Å². The van der Waals surface area contributed by atoms with Gasteiger partial charge in [-0.05, 0) is 61.4 Å². The van der Waals surface area contributed by atoms with Gasteiger partial charge in [0.1, 0.15) is 16.5 Å². The molecule has 3 aromatic rings. The van der Waals surface area contributed by atoms with E-state index in [4.69, 9.17) is 23.2 Å². The number of sulfonamides is 1. The summed E-state index contributed by atoms with van der Waals surface area (Å²) in [5.41, 5.74) is -1.26. The molecule has 2 saturated heterocycles. The number of nitrogens with one attached hydrogen (secondary N) is 1. The van der Waals surface area contributed by atoms with E-state index >= 15 is 0 Å². The third kappa shape index (κ3) is 6.28. The third-order valence-electron chi connectivity index (χ3n) is 8.11. The van der Waals surface area contributed by atoms with E-state index < -0.39 is 21.6 Å². The number of hydrogen-bond donors (Lipinski definition) is 1. The van der Waals surface area contributed by atoms with Crippen molar-refractivity contribution < 1.29 is 22.8 Å². The Kier molecular flexibility index (Phi) is 9.12. The van der Waals surface area contributed by atoms with E-state index in [1.54, 1.807) is 16.7 Å². The van der Waals surface area contributed by atoms with E-state index in [0.717, 1.165) is 10.1 Å². The average molecular weight is 666 g/mol. The first kappa shape index (κ1) is 31.7. The van der Waals surface area contributed by atoms with Crippen LogP contribution in [0, 0.1) is 5.92 Å². The van der Waals surface area contributed by atoms with Gasteiger partial charge in [-0.1, -0.05) is 55.2 Å². The lowest BCUT2D eigenvalue weighted by atomic mass is 9.88. The molecular formula is C30H34Cl2N4O5S2. The number of piperazine rings is 1. The van der Waals surface area contributed by atoms with E-state index in [0.29, 0.717) is 22.7 Å². The van der Waals surface area contributed by atoms with E-state index in [1.807, 2.05) is 44.2 Å². The SMILES string of the molecule is CC(C)C[C@H](NC(=O)c1cc2ccccc2s1)C(=O)N1CCN(C(=O)[C@]2(C)CCN2S(=O)(=O)c2ccc(Cl)cc2Cl)CC1. The van der Waals surface area contributed by atoms with Gasteiger partial charge >= 0.3 is 0 Å². The van der Waals surface area contributed by atoms with Gasteiger partial charge in [0.25, 0.3) is 5.91 Å². The fourth-order valence-corrected chi connectivity index (χ4v) is 9.13. The molecule has 43 heavy (non-hydrogen) atoms. The highest BCUT2D eigenvalue weighted by Gasteiger charge is 2.55. The van der Waals surface area contributed by atoms with Crippen molar-refractivity contribution in [3.63, 3.8) is 0 Å². The molecule has 1 N–H and O–H groups in total. The molecule has 230 valence electrons. The van der Waals surface area contributed by atoms with Crippen LogP contribution in [0.5, 0.6) is 0 Å². The minimum atomic E-state index is -4.04. The topological polar surface area (TPSA) is 107 Å². The summed E-state index contributed by atoms with van der Waals surface area (Å²) in [6, 6.07) is 13.1. The second-order valence-electron chi connectivity index (χ2n) is 11.6. The second kappa shape index (κ2) is 12.4. The van der Waals surface area contributed by atoms with Crippen LogP contribution in [-0.4, -0.2) is 84.5 Å². The summed E-state index contributed by atoms with van der Waals surface area (Å²) in [4.78, 5) is 44.2. The summed E-state index contributed by atoms with van der Waals surface area (Å²) in [5.74, 6) is -0.614. The number of halogens is 2. The molecule has 3 heterocycles. The third-order valence-corrected chi connectivity index (χ3v) is 12.0. The molecule has 5 rings (SSSR count). The standard InChI is InChI=1S/C30H34Cl2N4O5S2/c1-19(2)16-23(33-27(37)25-17-20-6-4-5-7-24(20)42-25)28(38)34-12-14-35(15-13-34)29(39)30(3)10-11-36(30)43(40,41)26-9-8-21(31)18-22(26)32/h4-9,17-19,23H,10-16H2,1-3H3,(H,33,37)/t23-,30-/m0/s1. The van der Waals surface area contributed by atoms with Gasteiger partial charge in [0, 0.05) is 42.4 Å². The van der Waals surface area contributed by atoms with E-state index in [9.17, 15) is 22.8 Å². The van der Waals surface area contributed by atoms with Crippen molar-refractivity contribution in [1.82, 2.24) is 19.4 Å². The quantitative estimate of drug-likeness (QED) is 0.370. The highest BCUT2D eigenvalue weighted by atomic mass is 35.5. The second-order valence-corrected chi connectivity index (χ2v) is 15.4. The number of fused-ring (bicyclic) bond motifs is 1. The molecule has 13 heteroatoms. The zero-order valence-corrected chi connectivity index (χ0v) is 27.3. The number of amides is 3. The van der Waals surface area contributed by atoms with Crippen molar-refractivity contribution in [1.29, 1.82) is 0 Å². The van der Waals surface area contributed by atoms with Crippen LogP contribution in [0.1, 0.15) is 43.3 Å². The van der Waals surface area contributed by atoms with Crippen LogP contribution in [0.15, 0.2) is 53.4 Å². The molecule has 1 aromatic heterocycles. The number of rotatable bonds is 8. The van der Waals surface area contributed by atoms with E-state index in [-0.39, 0.29) is 66.3 Å². The number of carbonyl (C=O) groups excluding carboxylic acids is 3. The smallest absolute Gasteiger partial charge is 0.262 e.